The molecule has 0 amide bonds. The van der Waals surface area contributed by atoms with Gasteiger partial charge in [0.05, 0.1) is 13.2 Å². The van der Waals surface area contributed by atoms with Crippen LogP contribution in [0.5, 0.6) is 11.6 Å². The lowest BCUT2D eigenvalue weighted by molar-refractivity contribution is 0.0953. The molecular formula is C15H19Cl2NO6. The van der Waals surface area contributed by atoms with Crippen LogP contribution in [0.3, 0.4) is 0 Å². The number of carbonyl (C=O) groups excluding carboxylic acids is 2. The summed E-state index contributed by atoms with van der Waals surface area (Å²) < 4.78 is 19.5. The van der Waals surface area contributed by atoms with Gasteiger partial charge in [0.2, 0.25) is 5.88 Å². The van der Waals surface area contributed by atoms with Gasteiger partial charge >= 0.3 is 12.3 Å². The summed E-state index contributed by atoms with van der Waals surface area (Å²) in [7, 11) is 0. The Morgan fingerprint density at radius 3 is 2.08 bits per heavy atom. The molecule has 1 aromatic rings. The molecule has 0 spiro atoms. The molecule has 0 aliphatic rings. The Labute approximate surface area is 150 Å². The molecule has 7 nitrogen and oxygen atoms in total. The van der Waals surface area contributed by atoms with Crippen molar-refractivity contribution in [2.45, 2.75) is 25.7 Å². The van der Waals surface area contributed by atoms with Gasteiger partial charge in [-0.15, -0.1) is 23.2 Å². The number of rotatable bonds is 10. The van der Waals surface area contributed by atoms with Crippen molar-refractivity contribution in [1.82, 2.24) is 4.98 Å². The Morgan fingerprint density at radius 2 is 1.50 bits per heavy atom. The standard InChI is InChI=1S/C15H19Cl2NO6/c16-6-1-3-9-21-14(19)23-12-5-8-18-13(11-12)24-15(20)22-10-4-2-7-17/h5,8,11H,1-4,6-7,9-10H2. The molecule has 9 heteroatoms. The molecule has 0 N–H and O–H groups in total. The first kappa shape index (κ1) is 20.3. The molecule has 0 bridgehead atoms. The molecule has 0 fully saturated rings. The molecule has 0 saturated heterocycles. The first-order chi connectivity index (χ1) is 11.7. The maximum Gasteiger partial charge on any atom is 0.515 e. The maximum absolute atomic E-state index is 11.5. The highest BCUT2D eigenvalue weighted by molar-refractivity contribution is 6.18. The quantitative estimate of drug-likeness (QED) is 0.342. The molecule has 24 heavy (non-hydrogen) atoms. The van der Waals surface area contributed by atoms with Crippen molar-refractivity contribution in [3.05, 3.63) is 18.3 Å². The number of nitrogens with zero attached hydrogens (tertiary/aromatic N) is 1. The van der Waals surface area contributed by atoms with E-state index in [0.717, 1.165) is 12.8 Å². The van der Waals surface area contributed by atoms with Crippen LogP contribution in [0.2, 0.25) is 0 Å². The number of alkyl halides is 2. The van der Waals surface area contributed by atoms with Crippen LogP contribution < -0.4 is 9.47 Å². The monoisotopic (exact) mass is 379 g/mol. The molecule has 1 heterocycles. The van der Waals surface area contributed by atoms with Crippen molar-refractivity contribution in [2.75, 3.05) is 25.0 Å². The number of unbranched alkanes of at least 4 members (excludes halogenated alkanes) is 2. The highest BCUT2D eigenvalue weighted by Gasteiger charge is 2.11. The van der Waals surface area contributed by atoms with E-state index >= 15 is 0 Å². The van der Waals surface area contributed by atoms with Gasteiger partial charge in [-0.25, -0.2) is 14.6 Å². The Hall–Kier alpha value is -1.73. The van der Waals surface area contributed by atoms with Crippen molar-refractivity contribution in [3.63, 3.8) is 0 Å². The number of carbonyl (C=O) groups is 2. The zero-order valence-electron chi connectivity index (χ0n) is 13.0. The minimum Gasteiger partial charge on any atom is -0.434 e. The molecule has 1 rings (SSSR count). The minimum atomic E-state index is -0.891. The van der Waals surface area contributed by atoms with Gasteiger partial charge < -0.3 is 18.9 Å². The number of pyridine rings is 1. The van der Waals surface area contributed by atoms with Crippen LogP contribution in [-0.2, 0) is 9.47 Å². The highest BCUT2D eigenvalue weighted by atomic mass is 35.5. The van der Waals surface area contributed by atoms with E-state index in [-0.39, 0.29) is 24.8 Å². The van der Waals surface area contributed by atoms with Gasteiger partial charge in [-0.1, -0.05) is 0 Å². The molecule has 0 aromatic carbocycles. The van der Waals surface area contributed by atoms with E-state index in [1.165, 1.54) is 18.3 Å². The van der Waals surface area contributed by atoms with Gasteiger partial charge in [0.15, 0.2) is 0 Å². The largest absolute Gasteiger partial charge is 0.515 e. The summed E-state index contributed by atoms with van der Waals surface area (Å²) in [5.74, 6) is 1.09. The highest BCUT2D eigenvalue weighted by Crippen LogP contribution is 2.17. The van der Waals surface area contributed by atoms with E-state index in [0.29, 0.717) is 24.6 Å². The van der Waals surface area contributed by atoms with E-state index in [1.807, 2.05) is 0 Å². The summed E-state index contributed by atoms with van der Waals surface area (Å²) in [5, 5.41) is 0. The zero-order valence-corrected chi connectivity index (χ0v) is 14.6. The molecular weight excluding hydrogens is 361 g/mol. The second-order valence-electron chi connectivity index (χ2n) is 4.52. The molecule has 0 aliphatic carbocycles. The second-order valence-corrected chi connectivity index (χ2v) is 5.28. The fourth-order valence-electron chi connectivity index (χ4n) is 1.46. The normalized spacial score (nSPS) is 10.1. The summed E-state index contributed by atoms with van der Waals surface area (Å²) in [6, 6.07) is 2.71. The van der Waals surface area contributed by atoms with Crippen molar-refractivity contribution in [3.8, 4) is 11.6 Å². The molecule has 0 saturated carbocycles. The number of hydrogen-bond donors (Lipinski definition) is 0. The van der Waals surface area contributed by atoms with Crippen LogP contribution in [-0.4, -0.2) is 42.3 Å². The van der Waals surface area contributed by atoms with Crippen molar-refractivity contribution < 1.29 is 28.5 Å². The fourth-order valence-corrected chi connectivity index (χ4v) is 1.83. The SMILES string of the molecule is O=C(OCCCCCl)Oc1ccnc(OC(=O)OCCCCCl)c1. The van der Waals surface area contributed by atoms with Crippen LogP contribution in [0.4, 0.5) is 9.59 Å². The predicted molar refractivity (Wildman–Crippen MR) is 88.1 cm³/mol. The summed E-state index contributed by atoms with van der Waals surface area (Å²) in [4.78, 5) is 26.7. The van der Waals surface area contributed by atoms with Gasteiger partial charge in [0.1, 0.15) is 5.75 Å². The fraction of sp³-hybridized carbons (Fsp3) is 0.533. The topological polar surface area (TPSA) is 84.0 Å². The average Bonchev–Trinajstić information content (AvgIpc) is 2.56. The first-order valence-electron chi connectivity index (χ1n) is 7.43. The third-order valence-corrected chi connectivity index (χ3v) is 3.13. The van der Waals surface area contributed by atoms with Gasteiger partial charge in [0.25, 0.3) is 0 Å². The molecule has 1 aromatic heterocycles. The summed E-state index contributed by atoms with van der Waals surface area (Å²) in [6.45, 7) is 0.422. The lowest BCUT2D eigenvalue weighted by Crippen LogP contribution is -2.13. The van der Waals surface area contributed by atoms with Crippen LogP contribution in [0.25, 0.3) is 0 Å². The third kappa shape index (κ3) is 9.42. The Morgan fingerprint density at radius 1 is 0.917 bits per heavy atom. The van der Waals surface area contributed by atoms with E-state index < -0.39 is 12.3 Å². The lowest BCUT2D eigenvalue weighted by atomic mass is 10.4. The third-order valence-electron chi connectivity index (χ3n) is 2.59. The Bertz CT molecular complexity index is 473. The molecule has 0 atom stereocenters. The van der Waals surface area contributed by atoms with E-state index in [4.69, 9.17) is 42.1 Å². The molecule has 134 valence electrons. The molecule has 0 unspecified atom stereocenters. The second kappa shape index (κ2) is 12.7. The van der Waals surface area contributed by atoms with Gasteiger partial charge in [-0.05, 0) is 31.7 Å². The number of ether oxygens (including phenoxy) is 4. The Balaban J connectivity index is 2.37. The minimum absolute atomic E-state index is 0.0511. The van der Waals surface area contributed by atoms with Crippen LogP contribution in [0, 0.1) is 0 Å². The molecule has 0 radical (unpaired) electrons. The van der Waals surface area contributed by atoms with Gasteiger partial charge in [0, 0.05) is 24.0 Å². The number of halogens is 2. The van der Waals surface area contributed by atoms with E-state index in [1.54, 1.807) is 0 Å². The average molecular weight is 380 g/mol. The summed E-state index contributed by atoms with van der Waals surface area (Å²) in [6.07, 6.45) is 2.36. The lowest BCUT2D eigenvalue weighted by Gasteiger charge is -2.07. The van der Waals surface area contributed by atoms with Crippen molar-refractivity contribution in [2.24, 2.45) is 0 Å². The molecule has 0 aliphatic heterocycles. The van der Waals surface area contributed by atoms with Crippen LogP contribution in [0.1, 0.15) is 25.7 Å². The van der Waals surface area contributed by atoms with E-state index in [2.05, 4.69) is 4.98 Å². The number of aromatic nitrogens is 1. The zero-order chi connectivity index (χ0) is 17.6. The smallest absolute Gasteiger partial charge is 0.434 e. The Kier molecular flexibility index (Phi) is 10.7. The van der Waals surface area contributed by atoms with Gasteiger partial charge in [-0.3, -0.25) is 0 Å². The summed E-state index contributed by atoms with van der Waals surface area (Å²) >= 11 is 11.0. The number of hydrogen-bond acceptors (Lipinski definition) is 7. The van der Waals surface area contributed by atoms with Gasteiger partial charge in [-0.2, -0.15) is 0 Å². The summed E-state index contributed by atoms with van der Waals surface area (Å²) in [5.41, 5.74) is 0. The first-order valence-corrected chi connectivity index (χ1v) is 8.50. The van der Waals surface area contributed by atoms with E-state index in [9.17, 15) is 9.59 Å². The van der Waals surface area contributed by atoms with Crippen molar-refractivity contribution >= 4 is 35.5 Å². The predicted octanol–water partition coefficient (Wildman–Crippen LogP) is 4.15. The van der Waals surface area contributed by atoms with Crippen molar-refractivity contribution in [1.29, 1.82) is 0 Å². The van der Waals surface area contributed by atoms with Crippen LogP contribution in [0.15, 0.2) is 18.3 Å². The van der Waals surface area contributed by atoms with Crippen LogP contribution >= 0.6 is 23.2 Å². The maximum atomic E-state index is 11.5.